The molecule has 2 aromatic carbocycles. The molecule has 8 nitrogen and oxygen atoms in total. The van der Waals surface area contributed by atoms with Crippen LogP contribution in [0.3, 0.4) is 0 Å². The molecule has 0 fully saturated rings. The van der Waals surface area contributed by atoms with Crippen LogP contribution in [0.15, 0.2) is 54.6 Å². The van der Waals surface area contributed by atoms with E-state index in [0.717, 1.165) is 5.56 Å². The molecule has 2 N–H and O–H groups in total. The van der Waals surface area contributed by atoms with Crippen molar-refractivity contribution in [3.05, 3.63) is 71.4 Å². The molecular weight excluding hydrogens is 397 g/mol. The maximum absolute atomic E-state index is 12.9. The normalized spacial score (nSPS) is 15.1. The number of para-hydroxylation sites is 1. The van der Waals surface area contributed by atoms with Crippen molar-refractivity contribution in [1.29, 1.82) is 0 Å². The van der Waals surface area contributed by atoms with Crippen molar-refractivity contribution >= 4 is 19.0 Å². The molecule has 9 heteroatoms. The molecular formula is C22H22BN3O5. The first kappa shape index (κ1) is 20.7. The minimum atomic E-state index is -1.31. The monoisotopic (exact) mass is 419 g/mol. The van der Waals surface area contributed by atoms with Crippen LogP contribution in [0, 0.1) is 0 Å². The highest BCUT2D eigenvalue weighted by molar-refractivity contribution is 6.47. The molecule has 4 rings (SSSR count). The quantitative estimate of drug-likeness (QED) is 0.485. The number of hydrogen-bond acceptors (Lipinski definition) is 6. The number of rotatable bonds is 5. The van der Waals surface area contributed by atoms with Crippen molar-refractivity contribution < 1.29 is 24.0 Å². The van der Waals surface area contributed by atoms with Crippen molar-refractivity contribution in [3.8, 4) is 17.0 Å². The molecule has 158 valence electrons. The average molecular weight is 419 g/mol. The maximum atomic E-state index is 12.9. The van der Waals surface area contributed by atoms with E-state index in [1.165, 1.54) is 4.68 Å². The van der Waals surface area contributed by atoms with Crippen molar-refractivity contribution in [2.45, 2.75) is 19.3 Å². The molecule has 2 heterocycles. The number of aromatic nitrogens is 2. The fraction of sp³-hybridized carbons (Fsp3) is 0.227. The van der Waals surface area contributed by atoms with E-state index in [2.05, 4.69) is 10.4 Å². The third-order valence-corrected chi connectivity index (χ3v) is 5.11. The Morgan fingerprint density at radius 2 is 2.03 bits per heavy atom. The van der Waals surface area contributed by atoms with Gasteiger partial charge in [0, 0.05) is 12.6 Å². The van der Waals surface area contributed by atoms with Gasteiger partial charge in [-0.3, -0.25) is 9.48 Å². The Hall–Kier alpha value is -3.59. The lowest BCUT2D eigenvalue weighted by atomic mass is 9.72. The Kier molecular flexibility index (Phi) is 5.77. The van der Waals surface area contributed by atoms with Crippen LogP contribution in [0.2, 0.25) is 0 Å². The Labute approximate surface area is 179 Å². The summed E-state index contributed by atoms with van der Waals surface area (Å²) in [5.41, 5.74) is 2.90. The second-order valence-electron chi connectivity index (χ2n) is 7.21. The lowest BCUT2D eigenvalue weighted by molar-refractivity contribution is 0.0523. The average Bonchev–Trinajstić information content (AvgIpc) is 3.16. The summed E-state index contributed by atoms with van der Waals surface area (Å²) in [6.07, 6.45) is 0.304. The minimum absolute atomic E-state index is 0.236. The molecule has 1 aromatic heterocycles. The van der Waals surface area contributed by atoms with Gasteiger partial charge >= 0.3 is 13.1 Å². The molecule has 3 aromatic rings. The van der Waals surface area contributed by atoms with Crippen LogP contribution in [-0.2, 0) is 18.2 Å². The second-order valence-corrected chi connectivity index (χ2v) is 7.21. The molecule has 0 saturated heterocycles. The number of carbonyl (C=O) groups is 2. The van der Waals surface area contributed by atoms with Crippen LogP contribution in [0.1, 0.15) is 33.3 Å². The third-order valence-electron chi connectivity index (χ3n) is 5.11. The summed E-state index contributed by atoms with van der Waals surface area (Å²) in [6.45, 7) is 1.95. The molecule has 1 amide bonds. The number of nitrogens with zero attached hydrogens (tertiary/aromatic N) is 2. The van der Waals surface area contributed by atoms with Gasteiger partial charge in [-0.25, -0.2) is 4.79 Å². The van der Waals surface area contributed by atoms with Crippen LogP contribution in [0.5, 0.6) is 5.75 Å². The summed E-state index contributed by atoms with van der Waals surface area (Å²) in [6, 6.07) is 16.4. The van der Waals surface area contributed by atoms with E-state index in [9.17, 15) is 14.6 Å². The van der Waals surface area contributed by atoms with Gasteiger partial charge in [-0.1, -0.05) is 42.5 Å². The lowest BCUT2D eigenvalue weighted by Crippen LogP contribution is -2.53. The van der Waals surface area contributed by atoms with E-state index in [4.69, 9.17) is 9.39 Å². The summed E-state index contributed by atoms with van der Waals surface area (Å²) in [4.78, 5) is 25.0. The van der Waals surface area contributed by atoms with Gasteiger partial charge in [-0.15, -0.1) is 0 Å². The van der Waals surface area contributed by atoms with Gasteiger partial charge in [0.15, 0.2) is 0 Å². The van der Waals surface area contributed by atoms with Crippen molar-refractivity contribution in [3.63, 3.8) is 0 Å². The van der Waals surface area contributed by atoms with E-state index < -0.39 is 19.0 Å². The zero-order chi connectivity index (χ0) is 22.0. The zero-order valence-corrected chi connectivity index (χ0v) is 17.2. The highest BCUT2D eigenvalue weighted by atomic mass is 16.5. The molecule has 0 radical (unpaired) electrons. The fourth-order valence-electron chi connectivity index (χ4n) is 3.59. The molecule has 0 unspecified atom stereocenters. The maximum Gasteiger partial charge on any atom is 0.547 e. The van der Waals surface area contributed by atoms with E-state index in [0.29, 0.717) is 23.4 Å². The van der Waals surface area contributed by atoms with E-state index in [1.54, 1.807) is 38.2 Å². The number of nitrogens with one attached hydrogen (secondary N) is 1. The first-order valence-corrected chi connectivity index (χ1v) is 10.0. The number of benzene rings is 2. The summed E-state index contributed by atoms with van der Waals surface area (Å²) in [7, 11) is 0.379. The van der Waals surface area contributed by atoms with Crippen molar-refractivity contribution in [2.24, 2.45) is 7.05 Å². The minimum Gasteiger partial charge on any atom is -0.534 e. The number of ether oxygens (including phenoxy) is 1. The number of esters is 1. The molecule has 0 bridgehead atoms. The smallest absolute Gasteiger partial charge is 0.534 e. The van der Waals surface area contributed by atoms with Gasteiger partial charge in [0.05, 0.1) is 18.2 Å². The molecule has 1 aliphatic rings. The van der Waals surface area contributed by atoms with Crippen LogP contribution in [0.25, 0.3) is 11.3 Å². The predicted octanol–water partition coefficient (Wildman–Crippen LogP) is 2.02. The van der Waals surface area contributed by atoms with Gasteiger partial charge in [0.25, 0.3) is 5.91 Å². The third kappa shape index (κ3) is 4.17. The van der Waals surface area contributed by atoms with Crippen LogP contribution in [0.4, 0.5) is 0 Å². The lowest BCUT2D eigenvalue weighted by Gasteiger charge is -2.29. The van der Waals surface area contributed by atoms with Gasteiger partial charge in [0.1, 0.15) is 17.0 Å². The Balaban J connectivity index is 1.52. The molecule has 0 spiro atoms. The zero-order valence-electron chi connectivity index (χ0n) is 17.2. The molecule has 31 heavy (non-hydrogen) atoms. The summed E-state index contributed by atoms with van der Waals surface area (Å²) >= 11 is 0. The molecule has 1 aliphatic heterocycles. The first-order valence-electron chi connectivity index (χ1n) is 10.0. The number of hydrogen-bond donors (Lipinski definition) is 2. The van der Waals surface area contributed by atoms with E-state index >= 15 is 0 Å². The standard InChI is InChI=1S/C22H22BN3O5/c1-3-30-22(28)16-11-7-10-15-12-19(23(29)31-20(15)16)24-21(27)18-13-17(25-26(18)2)14-8-5-4-6-9-14/h4-11,13,19,29H,3,12H2,1-2H3,(H,24,27)/t19-/m0/s1. The number of amides is 1. The first-order chi connectivity index (χ1) is 15.0. The second kappa shape index (κ2) is 8.65. The van der Waals surface area contributed by atoms with Gasteiger partial charge in [0.2, 0.25) is 0 Å². The SMILES string of the molecule is CCOC(=O)c1cccc2c1OB(O)[C@@H](NC(=O)c1cc(-c3ccccc3)nn1C)C2. The van der Waals surface area contributed by atoms with Crippen LogP contribution in [-0.4, -0.2) is 46.3 Å². The molecule has 1 atom stereocenters. The Morgan fingerprint density at radius 3 is 2.77 bits per heavy atom. The van der Waals surface area contributed by atoms with E-state index in [-0.39, 0.29) is 23.8 Å². The van der Waals surface area contributed by atoms with Crippen LogP contribution < -0.4 is 9.97 Å². The predicted molar refractivity (Wildman–Crippen MR) is 115 cm³/mol. The van der Waals surface area contributed by atoms with Crippen LogP contribution >= 0.6 is 0 Å². The van der Waals surface area contributed by atoms with E-state index in [1.807, 2.05) is 30.3 Å². The van der Waals surface area contributed by atoms with Crippen molar-refractivity contribution in [2.75, 3.05) is 6.61 Å². The van der Waals surface area contributed by atoms with Crippen molar-refractivity contribution in [1.82, 2.24) is 15.1 Å². The largest absolute Gasteiger partial charge is 0.547 e. The summed E-state index contributed by atoms with van der Waals surface area (Å²) < 4.78 is 12.2. The highest BCUT2D eigenvalue weighted by Crippen LogP contribution is 2.30. The van der Waals surface area contributed by atoms with Gasteiger partial charge in [-0.05, 0) is 31.0 Å². The molecule has 0 saturated carbocycles. The fourth-order valence-corrected chi connectivity index (χ4v) is 3.59. The number of aryl methyl sites for hydroxylation is 1. The summed E-state index contributed by atoms with van der Waals surface area (Å²) in [5, 5.41) is 17.7. The highest BCUT2D eigenvalue weighted by Gasteiger charge is 2.38. The number of carbonyl (C=O) groups excluding carboxylic acids is 2. The molecule has 0 aliphatic carbocycles. The number of fused-ring (bicyclic) bond motifs is 1. The Bertz CT molecular complexity index is 1120. The van der Waals surface area contributed by atoms with Gasteiger partial charge < -0.3 is 19.7 Å². The van der Waals surface area contributed by atoms with Gasteiger partial charge in [-0.2, -0.15) is 5.10 Å². The topological polar surface area (TPSA) is 103 Å². The summed E-state index contributed by atoms with van der Waals surface area (Å²) in [5.74, 6) is -1.30. The Morgan fingerprint density at radius 1 is 1.26 bits per heavy atom.